The van der Waals surface area contributed by atoms with Crippen molar-refractivity contribution in [2.45, 2.75) is 46.1 Å². The minimum atomic E-state index is -0.0484. The van der Waals surface area contributed by atoms with Crippen molar-refractivity contribution in [3.8, 4) is 5.75 Å². The Hall–Kier alpha value is -1.75. The van der Waals surface area contributed by atoms with Crippen LogP contribution in [0, 0.1) is 11.8 Å². The zero-order valence-corrected chi connectivity index (χ0v) is 15.7. The van der Waals surface area contributed by atoms with Gasteiger partial charge in [0.15, 0.2) is 0 Å². The highest BCUT2D eigenvalue weighted by molar-refractivity contribution is 5.74. The normalized spacial score (nSPS) is 16.8. The van der Waals surface area contributed by atoms with Gasteiger partial charge in [-0.2, -0.15) is 0 Å². The van der Waals surface area contributed by atoms with Crippen molar-refractivity contribution >= 4 is 6.03 Å². The number of piperidine rings is 1. The van der Waals surface area contributed by atoms with Crippen molar-refractivity contribution in [1.29, 1.82) is 0 Å². The number of rotatable bonds is 7. The number of hydrogen-bond donors (Lipinski definition) is 2. The fourth-order valence-electron chi connectivity index (χ4n) is 2.94. The number of aliphatic hydroxyl groups excluding tert-OH is 1. The molecule has 0 saturated carbocycles. The number of ether oxygens (including phenoxy) is 1. The van der Waals surface area contributed by atoms with Gasteiger partial charge >= 0.3 is 6.03 Å². The molecular weight excluding hydrogens is 316 g/mol. The topological polar surface area (TPSA) is 61.8 Å². The Morgan fingerprint density at radius 3 is 2.44 bits per heavy atom. The SMILES string of the molecule is CC(C)CCOc1ccc(C(C)NC(=O)N2CCC(CO)CC2)cc1. The predicted molar refractivity (Wildman–Crippen MR) is 99.7 cm³/mol. The summed E-state index contributed by atoms with van der Waals surface area (Å²) in [4.78, 5) is 14.2. The first-order valence-electron chi connectivity index (χ1n) is 9.38. The lowest BCUT2D eigenvalue weighted by Crippen LogP contribution is -2.45. The van der Waals surface area contributed by atoms with Crippen molar-refractivity contribution in [1.82, 2.24) is 10.2 Å². The molecular formula is C20H32N2O3. The maximum atomic E-state index is 12.4. The standard InChI is InChI=1S/C20H32N2O3/c1-15(2)10-13-25-19-6-4-18(5-7-19)16(3)21-20(24)22-11-8-17(14-23)9-12-22/h4-7,15-17,23H,8-14H2,1-3H3,(H,21,24). The van der Waals surface area contributed by atoms with Crippen molar-refractivity contribution in [3.05, 3.63) is 29.8 Å². The van der Waals surface area contributed by atoms with E-state index < -0.39 is 0 Å². The van der Waals surface area contributed by atoms with Crippen molar-refractivity contribution in [2.75, 3.05) is 26.3 Å². The number of benzene rings is 1. The van der Waals surface area contributed by atoms with Crippen LogP contribution in [0.3, 0.4) is 0 Å². The number of amides is 2. The molecule has 140 valence electrons. The fourth-order valence-corrected chi connectivity index (χ4v) is 2.94. The summed E-state index contributed by atoms with van der Waals surface area (Å²) < 4.78 is 5.73. The van der Waals surface area contributed by atoms with Crippen LogP contribution >= 0.6 is 0 Å². The third-order valence-electron chi connectivity index (χ3n) is 4.84. The largest absolute Gasteiger partial charge is 0.494 e. The van der Waals surface area contributed by atoms with E-state index in [2.05, 4.69) is 19.2 Å². The lowest BCUT2D eigenvalue weighted by atomic mass is 9.98. The number of carbonyl (C=O) groups excluding carboxylic acids is 1. The summed E-state index contributed by atoms with van der Waals surface area (Å²) in [5.74, 6) is 1.84. The van der Waals surface area contributed by atoms with E-state index in [0.29, 0.717) is 24.9 Å². The summed E-state index contributed by atoms with van der Waals surface area (Å²) in [6, 6.07) is 7.87. The lowest BCUT2D eigenvalue weighted by molar-refractivity contribution is 0.136. The van der Waals surface area contributed by atoms with Crippen LogP contribution in [0.2, 0.25) is 0 Å². The first-order valence-corrected chi connectivity index (χ1v) is 9.38. The van der Waals surface area contributed by atoms with E-state index in [1.807, 2.05) is 36.1 Å². The highest BCUT2D eigenvalue weighted by Crippen LogP contribution is 2.20. The van der Waals surface area contributed by atoms with Gasteiger partial charge in [-0.25, -0.2) is 4.79 Å². The number of urea groups is 1. The van der Waals surface area contributed by atoms with E-state index in [4.69, 9.17) is 4.74 Å². The van der Waals surface area contributed by atoms with Crippen LogP contribution in [0.4, 0.5) is 4.79 Å². The number of nitrogens with zero attached hydrogens (tertiary/aromatic N) is 1. The summed E-state index contributed by atoms with van der Waals surface area (Å²) in [5.41, 5.74) is 1.06. The highest BCUT2D eigenvalue weighted by atomic mass is 16.5. The second kappa shape index (κ2) is 9.66. The Labute approximate surface area is 151 Å². The number of hydrogen-bond acceptors (Lipinski definition) is 3. The molecule has 1 aliphatic heterocycles. The minimum absolute atomic E-state index is 0.0267. The summed E-state index contributed by atoms with van der Waals surface area (Å²) in [5, 5.41) is 12.2. The summed E-state index contributed by atoms with van der Waals surface area (Å²) in [6.07, 6.45) is 2.79. The van der Waals surface area contributed by atoms with Crippen LogP contribution in [-0.4, -0.2) is 42.3 Å². The van der Waals surface area contributed by atoms with Gasteiger partial charge in [0.25, 0.3) is 0 Å². The molecule has 0 radical (unpaired) electrons. The van der Waals surface area contributed by atoms with Crippen LogP contribution in [0.5, 0.6) is 5.75 Å². The number of likely N-dealkylation sites (tertiary alicyclic amines) is 1. The first kappa shape index (κ1) is 19.6. The van der Waals surface area contributed by atoms with Gasteiger partial charge in [-0.3, -0.25) is 0 Å². The monoisotopic (exact) mass is 348 g/mol. The van der Waals surface area contributed by atoms with E-state index in [9.17, 15) is 9.90 Å². The molecule has 1 aliphatic rings. The quantitative estimate of drug-likeness (QED) is 0.791. The molecule has 0 spiro atoms. The summed E-state index contributed by atoms with van der Waals surface area (Å²) in [6.45, 7) is 8.74. The van der Waals surface area contributed by atoms with E-state index in [1.165, 1.54) is 0 Å². The molecule has 5 heteroatoms. The Morgan fingerprint density at radius 1 is 1.24 bits per heavy atom. The number of aliphatic hydroxyl groups is 1. The van der Waals surface area contributed by atoms with Gasteiger partial charge in [0.2, 0.25) is 0 Å². The molecule has 5 nitrogen and oxygen atoms in total. The Morgan fingerprint density at radius 2 is 1.88 bits per heavy atom. The van der Waals surface area contributed by atoms with Crippen LogP contribution < -0.4 is 10.1 Å². The maximum Gasteiger partial charge on any atom is 0.317 e. The number of carbonyl (C=O) groups is 1. The van der Waals surface area contributed by atoms with E-state index in [1.54, 1.807) is 0 Å². The molecule has 2 N–H and O–H groups in total. The number of nitrogens with one attached hydrogen (secondary N) is 1. The van der Waals surface area contributed by atoms with Gasteiger partial charge in [-0.15, -0.1) is 0 Å². The third kappa shape index (κ3) is 6.24. The molecule has 0 aromatic heterocycles. The second-order valence-electron chi connectivity index (χ2n) is 7.38. The molecule has 1 aromatic carbocycles. The van der Waals surface area contributed by atoms with Gasteiger partial charge in [0.1, 0.15) is 5.75 Å². The summed E-state index contributed by atoms with van der Waals surface area (Å²) >= 11 is 0. The Balaban J connectivity index is 1.80. The van der Waals surface area contributed by atoms with Crippen LogP contribution in [-0.2, 0) is 0 Å². The first-order chi connectivity index (χ1) is 12.0. The molecule has 1 unspecified atom stereocenters. The minimum Gasteiger partial charge on any atom is -0.494 e. The van der Waals surface area contributed by atoms with Crippen molar-refractivity contribution in [3.63, 3.8) is 0 Å². The van der Waals surface area contributed by atoms with Gasteiger partial charge in [0, 0.05) is 19.7 Å². The van der Waals surface area contributed by atoms with E-state index in [-0.39, 0.29) is 18.7 Å². The van der Waals surface area contributed by atoms with Gasteiger partial charge in [-0.05, 0) is 55.7 Å². The van der Waals surface area contributed by atoms with Crippen LogP contribution in [0.1, 0.15) is 51.6 Å². The molecule has 1 heterocycles. The zero-order chi connectivity index (χ0) is 18.2. The van der Waals surface area contributed by atoms with Gasteiger partial charge in [-0.1, -0.05) is 26.0 Å². The van der Waals surface area contributed by atoms with Crippen LogP contribution in [0.15, 0.2) is 24.3 Å². The molecule has 1 fully saturated rings. The van der Waals surface area contributed by atoms with Crippen LogP contribution in [0.25, 0.3) is 0 Å². The smallest absolute Gasteiger partial charge is 0.317 e. The molecule has 1 aromatic rings. The third-order valence-corrected chi connectivity index (χ3v) is 4.84. The lowest BCUT2D eigenvalue weighted by Gasteiger charge is -2.32. The summed E-state index contributed by atoms with van der Waals surface area (Å²) in [7, 11) is 0. The average Bonchev–Trinajstić information content (AvgIpc) is 2.62. The Kier molecular flexibility index (Phi) is 7.56. The molecule has 1 saturated heterocycles. The van der Waals surface area contributed by atoms with E-state index in [0.717, 1.165) is 37.2 Å². The molecule has 2 amide bonds. The Bertz CT molecular complexity index is 522. The fraction of sp³-hybridized carbons (Fsp3) is 0.650. The van der Waals surface area contributed by atoms with Gasteiger partial charge < -0.3 is 20.1 Å². The predicted octanol–water partition coefficient (Wildman–Crippen LogP) is 3.59. The van der Waals surface area contributed by atoms with E-state index >= 15 is 0 Å². The molecule has 25 heavy (non-hydrogen) atoms. The molecule has 0 aliphatic carbocycles. The highest BCUT2D eigenvalue weighted by Gasteiger charge is 2.23. The maximum absolute atomic E-state index is 12.4. The van der Waals surface area contributed by atoms with Gasteiger partial charge in [0.05, 0.1) is 12.6 Å². The molecule has 0 bridgehead atoms. The zero-order valence-electron chi connectivity index (χ0n) is 15.7. The second-order valence-corrected chi connectivity index (χ2v) is 7.38. The molecule has 1 atom stereocenters. The van der Waals surface area contributed by atoms with Crippen molar-refractivity contribution in [2.24, 2.45) is 11.8 Å². The molecule has 2 rings (SSSR count). The average molecular weight is 348 g/mol. The van der Waals surface area contributed by atoms with Crippen molar-refractivity contribution < 1.29 is 14.6 Å².